The summed E-state index contributed by atoms with van der Waals surface area (Å²) in [5.41, 5.74) is 12.7. The van der Waals surface area contributed by atoms with Gasteiger partial charge in [-0.15, -0.1) is 0 Å². The Kier molecular flexibility index (Phi) is 7.68. The highest BCUT2D eigenvalue weighted by Crippen LogP contribution is 2.33. The molecule has 1 aromatic heterocycles. The zero-order chi connectivity index (χ0) is 27.5. The van der Waals surface area contributed by atoms with Gasteiger partial charge in [0, 0.05) is 24.7 Å². The summed E-state index contributed by atoms with van der Waals surface area (Å²) in [6, 6.07) is 18.9. The Morgan fingerprint density at radius 1 is 1.05 bits per heavy atom. The summed E-state index contributed by atoms with van der Waals surface area (Å²) in [7, 11) is 0. The Balaban J connectivity index is 1.53. The van der Waals surface area contributed by atoms with Gasteiger partial charge in [0.25, 0.3) is 0 Å². The normalized spacial score (nSPS) is 14.0. The molecule has 39 heavy (non-hydrogen) atoms. The number of benzene rings is 3. The number of aromatic carboxylic acids is 1. The molecule has 0 radical (unpaired) electrons. The maximum Gasteiger partial charge on any atom is 0.336 e. The lowest BCUT2D eigenvalue weighted by Crippen LogP contribution is -2.44. The number of fused-ring (bicyclic) bond motifs is 1. The van der Waals surface area contributed by atoms with E-state index in [-0.39, 0.29) is 11.6 Å². The third-order valence-electron chi connectivity index (χ3n) is 7.80. The number of nitrogens with zero attached hydrogens (tertiary/aromatic N) is 3. The first-order valence-electron chi connectivity index (χ1n) is 13.9. The number of hydrogen-bond acceptors (Lipinski definition) is 3. The number of aryl methyl sites for hydroxylation is 2. The van der Waals surface area contributed by atoms with Gasteiger partial charge in [-0.3, -0.25) is 4.90 Å². The molecule has 0 bridgehead atoms. The van der Waals surface area contributed by atoms with Crippen molar-refractivity contribution < 1.29 is 14.7 Å². The summed E-state index contributed by atoms with van der Waals surface area (Å²) in [5, 5.41) is 9.59. The van der Waals surface area contributed by atoms with Crippen molar-refractivity contribution >= 4 is 28.7 Å². The Labute approximate surface area is 229 Å². The average molecular weight is 525 g/mol. The highest BCUT2D eigenvalue weighted by Gasteiger charge is 2.27. The van der Waals surface area contributed by atoms with Crippen LogP contribution in [0.5, 0.6) is 0 Å². The Morgan fingerprint density at radius 3 is 2.44 bits per heavy atom. The number of anilines is 1. The lowest BCUT2D eigenvalue weighted by molar-refractivity contribution is 0.0697. The molecule has 3 N–H and O–H groups in total. The number of nitrogens with two attached hydrogens (primary N) is 1. The van der Waals surface area contributed by atoms with Gasteiger partial charge in [0.2, 0.25) is 0 Å². The number of primary amides is 1. The summed E-state index contributed by atoms with van der Waals surface area (Å²) < 4.78 is 2.25. The van der Waals surface area contributed by atoms with E-state index in [0.29, 0.717) is 12.1 Å². The van der Waals surface area contributed by atoms with Gasteiger partial charge in [-0.25, -0.2) is 14.6 Å². The van der Waals surface area contributed by atoms with Gasteiger partial charge in [0.15, 0.2) is 0 Å². The molecule has 1 aliphatic carbocycles. The van der Waals surface area contributed by atoms with Gasteiger partial charge >= 0.3 is 12.0 Å². The van der Waals surface area contributed by atoms with E-state index in [1.807, 2.05) is 49.4 Å². The molecule has 2 amide bonds. The highest BCUT2D eigenvalue weighted by molar-refractivity contribution is 5.96. The maximum atomic E-state index is 12.6. The number of carbonyl (C=O) groups is 2. The fraction of sp³-hybridized carbons (Fsp3) is 0.344. The second kappa shape index (κ2) is 11.3. The molecule has 5 rings (SSSR count). The molecule has 0 saturated heterocycles. The molecule has 202 valence electrons. The van der Waals surface area contributed by atoms with E-state index >= 15 is 0 Å². The third kappa shape index (κ3) is 5.39. The van der Waals surface area contributed by atoms with Crippen molar-refractivity contribution in [3.05, 3.63) is 83.2 Å². The van der Waals surface area contributed by atoms with Crippen LogP contribution in [0.4, 0.5) is 10.5 Å². The molecule has 0 spiro atoms. The Bertz CT molecular complexity index is 1500. The van der Waals surface area contributed by atoms with Crippen LogP contribution in [0.25, 0.3) is 22.2 Å². The molecule has 7 heteroatoms. The predicted octanol–water partition coefficient (Wildman–Crippen LogP) is 6.93. The van der Waals surface area contributed by atoms with Crippen LogP contribution in [0.2, 0.25) is 0 Å². The molecule has 3 aromatic carbocycles. The summed E-state index contributed by atoms with van der Waals surface area (Å²) in [6.45, 7) is 4.82. The van der Waals surface area contributed by atoms with E-state index in [2.05, 4.69) is 17.6 Å². The van der Waals surface area contributed by atoms with Gasteiger partial charge in [-0.1, -0.05) is 68.7 Å². The zero-order valence-electron chi connectivity index (χ0n) is 22.7. The fourth-order valence-corrected chi connectivity index (χ4v) is 5.90. The van der Waals surface area contributed by atoms with E-state index < -0.39 is 12.0 Å². The second-order valence-corrected chi connectivity index (χ2v) is 10.5. The summed E-state index contributed by atoms with van der Waals surface area (Å²) in [5.74, 6) is 0.0736. The lowest BCUT2D eigenvalue weighted by Gasteiger charge is -2.33. The molecule has 1 saturated carbocycles. The third-order valence-corrected chi connectivity index (χ3v) is 7.80. The Morgan fingerprint density at radius 2 is 1.77 bits per heavy atom. The molecule has 4 aromatic rings. The monoisotopic (exact) mass is 524 g/mol. The SMILES string of the molecule is CCCc1nc2c(C)cc(N(C(N)=O)C3CCCCC3)cc2n1Cc1ccc(-c2ccccc2C(=O)O)cc1. The molecule has 7 nitrogen and oxygen atoms in total. The number of carbonyl (C=O) groups excluding carboxylic acids is 1. The molecular weight excluding hydrogens is 488 g/mol. The van der Waals surface area contributed by atoms with E-state index in [9.17, 15) is 14.7 Å². The van der Waals surface area contributed by atoms with Crippen LogP contribution in [0.3, 0.4) is 0 Å². The van der Waals surface area contributed by atoms with E-state index in [0.717, 1.165) is 77.8 Å². The van der Waals surface area contributed by atoms with Crippen molar-refractivity contribution in [2.45, 2.75) is 71.4 Å². The smallest absolute Gasteiger partial charge is 0.336 e. The largest absolute Gasteiger partial charge is 0.478 e. The van der Waals surface area contributed by atoms with Crippen molar-refractivity contribution in [1.29, 1.82) is 0 Å². The molecular formula is C32H36N4O3. The number of carboxylic acids is 1. The van der Waals surface area contributed by atoms with Gasteiger partial charge < -0.3 is 15.4 Å². The van der Waals surface area contributed by atoms with Gasteiger partial charge in [0.1, 0.15) is 5.82 Å². The molecule has 1 fully saturated rings. The van der Waals surface area contributed by atoms with E-state index in [1.54, 1.807) is 17.0 Å². The molecule has 0 unspecified atom stereocenters. The van der Waals surface area contributed by atoms with Crippen molar-refractivity contribution in [3.63, 3.8) is 0 Å². The van der Waals surface area contributed by atoms with Crippen LogP contribution in [-0.2, 0) is 13.0 Å². The first-order chi connectivity index (χ1) is 18.9. The first-order valence-corrected chi connectivity index (χ1v) is 13.9. The van der Waals surface area contributed by atoms with Gasteiger partial charge in [-0.05, 0) is 66.6 Å². The van der Waals surface area contributed by atoms with E-state index in [1.165, 1.54) is 6.42 Å². The van der Waals surface area contributed by atoms with Crippen LogP contribution in [-0.4, -0.2) is 32.7 Å². The number of aromatic nitrogens is 2. The number of amides is 2. The second-order valence-electron chi connectivity index (χ2n) is 10.5. The van der Waals surface area contributed by atoms with Crippen molar-refractivity contribution in [3.8, 4) is 11.1 Å². The quantitative estimate of drug-likeness (QED) is 0.261. The zero-order valence-corrected chi connectivity index (χ0v) is 22.7. The topological polar surface area (TPSA) is 101 Å². The van der Waals surface area contributed by atoms with Crippen LogP contribution >= 0.6 is 0 Å². The molecule has 0 aliphatic heterocycles. The number of imidazole rings is 1. The number of urea groups is 1. The summed E-state index contributed by atoms with van der Waals surface area (Å²) in [6.07, 6.45) is 7.18. The number of carboxylic acid groups (broad SMARTS) is 1. The van der Waals surface area contributed by atoms with Gasteiger partial charge in [0.05, 0.1) is 16.6 Å². The van der Waals surface area contributed by atoms with Crippen LogP contribution in [0.1, 0.15) is 72.8 Å². The molecule has 1 aliphatic rings. The van der Waals surface area contributed by atoms with E-state index in [4.69, 9.17) is 10.7 Å². The predicted molar refractivity (Wildman–Crippen MR) is 155 cm³/mol. The molecule has 0 atom stereocenters. The maximum absolute atomic E-state index is 12.6. The van der Waals surface area contributed by atoms with Crippen LogP contribution < -0.4 is 10.6 Å². The summed E-state index contributed by atoms with van der Waals surface area (Å²) >= 11 is 0. The van der Waals surface area contributed by atoms with Crippen molar-refractivity contribution in [2.75, 3.05) is 4.90 Å². The average Bonchev–Trinajstić information content (AvgIpc) is 3.27. The highest BCUT2D eigenvalue weighted by atomic mass is 16.4. The van der Waals surface area contributed by atoms with Crippen LogP contribution in [0, 0.1) is 6.92 Å². The minimum atomic E-state index is -0.937. The number of rotatable bonds is 8. The summed E-state index contributed by atoms with van der Waals surface area (Å²) in [4.78, 5) is 31.1. The standard InChI is InChI=1S/C32H36N4O3/c1-3-9-29-34-30-21(2)18-25(36(32(33)39)24-10-5-4-6-11-24)19-28(30)35(29)20-22-14-16-23(17-15-22)26-12-7-8-13-27(26)31(37)38/h7-8,12-19,24H,3-6,9-11,20H2,1-2H3,(H2,33,39)(H,37,38). The van der Waals surface area contributed by atoms with Crippen molar-refractivity contribution in [2.24, 2.45) is 5.73 Å². The fourth-order valence-electron chi connectivity index (χ4n) is 5.90. The van der Waals surface area contributed by atoms with Gasteiger partial charge in [-0.2, -0.15) is 0 Å². The number of hydrogen-bond donors (Lipinski definition) is 2. The minimum absolute atomic E-state index is 0.126. The Hall–Kier alpha value is -4.13. The van der Waals surface area contributed by atoms with Crippen LogP contribution in [0.15, 0.2) is 60.7 Å². The molecule has 1 heterocycles. The lowest BCUT2D eigenvalue weighted by atomic mass is 9.94. The first kappa shape index (κ1) is 26.5. The van der Waals surface area contributed by atoms with Crippen molar-refractivity contribution in [1.82, 2.24) is 9.55 Å². The minimum Gasteiger partial charge on any atom is -0.478 e.